The molecule has 0 unspecified atom stereocenters. The molecule has 0 bridgehead atoms. The van der Waals surface area contributed by atoms with Crippen LogP contribution in [-0.2, 0) is 4.79 Å². The van der Waals surface area contributed by atoms with Gasteiger partial charge in [-0.15, -0.1) is 11.3 Å². The quantitative estimate of drug-likeness (QED) is 0.186. The zero-order valence-corrected chi connectivity index (χ0v) is 25.1. The summed E-state index contributed by atoms with van der Waals surface area (Å²) in [6.07, 6.45) is 4.34. The molecule has 44 heavy (non-hydrogen) atoms. The summed E-state index contributed by atoms with van der Waals surface area (Å²) in [5.41, 5.74) is 1.34. The van der Waals surface area contributed by atoms with Gasteiger partial charge >= 0.3 is 6.01 Å². The number of aromatic nitrogens is 2. The first-order chi connectivity index (χ1) is 21.4. The van der Waals surface area contributed by atoms with E-state index in [0.29, 0.717) is 29.9 Å². The molecule has 1 amide bonds. The van der Waals surface area contributed by atoms with Crippen molar-refractivity contribution < 1.29 is 18.3 Å². The van der Waals surface area contributed by atoms with E-state index < -0.39 is 23.6 Å². The Hall–Kier alpha value is -4.14. The van der Waals surface area contributed by atoms with Crippen molar-refractivity contribution in [2.75, 3.05) is 50.8 Å². The van der Waals surface area contributed by atoms with Crippen molar-refractivity contribution in [1.82, 2.24) is 19.8 Å². The molecule has 5 heterocycles. The van der Waals surface area contributed by atoms with Gasteiger partial charge in [0.05, 0.1) is 5.54 Å². The molecule has 8 nitrogen and oxygen atoms in total. The number of carbonyl (C=O) groups is 1. The van der Waals surface area contributed by atoms with Gasteiger partial charge in [0.25, 0.3) is 5.91 Å². The van der Waals surface area contributed by atoms with Gasteiger partial charge in [0.2, 0.25) is 6.54 Å². The van der Waals surface area contributed by atoms with Gasteiger partial charge in [0.15, 0.2) is 11.6 Å². The summed E-state index contributed by atoms with van der Waals surface area (Å²) < 4.78 is 37.8. The topological polar surface area (TPSA) is 66.2 Å². The SMILES string of the molecule is [C-]#[N+]C[C@H]1CN(c2nc(OCC34CCCN3CCC4)nc3c(F)c(-c4cccc5ccsc45)ccc23)CCN1C(=O)C(=C)F. The molecule has 1 atom stereocenters. The van der Waals surface area contributed by atoms with Crippen molar-refractivity contribution >= 4 is 44.1 Å². The van der Waals surface area contributed by atoms with Crippen molar-refractivity contribution in [3.8, 4) is 17.1 Å². The van der Waals surface area contributed by atoms with E-state index in [-0.39, 0.29) is 36.7 Å². The summed E-state index contributed by atoms with van der Waals surface area (Å²) >= 11 is 1.57. The lowest BCUT2D eigenvalue weighted by Crippen LogP contribution is -2.56. The molecule has 11 heteroatoms. The summed E-state index contributed by atoms with van der Waals surface area (Å²) in [5.74, 6) is -1.86. The van der Waals surface area contributed by atoms with Gasteiger partial charge in [0.1, 0.15) is 24.0 Å². The molecule has 226 valence electrons. The average Bonchev–Trinajstić information content (AvgIpc) is 3.76. The largest absolute Gasteiger partial charge is 0.461 e. The van der Waals surface area contributed by atoms with Crippen LogP contribution in [0.4, 0.5) is 14.6 Å². The lowest BCUT2D eigenvalue weighted by atomic mass is 9.95. The van der Waals surface area contributed by atoms with Crippen LogP contribution < -0.4 is 9.64 Å². The zero-order chi connectivity index (χ0) is 30.4. The number of anilines is 1. The van der Waals surface area contributed by atoms with Crippen LogP contribution in [0.1, 0.15) is 25.7 Å². The van der Waals surface area contributed by atoms with E-state index in [1.807, 2.05) is 40.6 Å². The number of benzene rings is 2. The number of rotatable bonds is 7. The van der Waals surface area contributed by atoms with Gasteiger partial charge in [-0.25, -0.2) is 15.4 Å². The van der Waals surface area contributed by atoms with Crippen molar-refractivity contribution in [3.05, 3.63) is 71.4 Å². The predicted molar refractivity (Wildman–Crippen MR) is 168 cm³/mol. The summed E-state index contributed by atoms with van der Waals surface area (Å²) in [7, 11) is 0. The van der Waals surface area contributed by atoms with Gasteiger partial charge in [-0.2, -0.15) is 9.97 Å². The summed E-state index contributed by atoms with van der Waals surface area (Å²) in [4.78, 5) is 31.2. The lowest BCUT2D eigenvalue weighted by molar-refractivity contribution is -0.131. The summed E-state index contributed by atoms with van der Waals surface area (Å²) in [6.45, 7) is 13.8. The molecule has 4 aromatic rings. The molecule has 3 aliphatic rings. The first-order valence-corrected chi connectivity index (χ1v) is 15.8. The first-order valence-electron chi connectivity index (χ1n) is 15.0. The number of thiophene rings is 1. The van der Waals surface area contributed by atoms with E-state index in [9.17, 15) is 9.18 Å². The second-order valence-corrected chi connectivity index (χ2v) is 12.8. The molecule has 0 radical (unpaired) electrons. The van der Waals surface area contributed by atoms with Crippen LogP contribution in [0, 0.1) is 12.4 Å². The third-order valence-electron chi connectivity index (χ3n) is 9.39. The van der Waals surface area contributed by atoms with Gasteiger partial charge in [-0.3, -0.25) is 9.69 Å². The molecule has 0 aliphatic carbocycles. The van der Waals surface area contributed by atoms with Crippen LogP contribution in [0.25, 0.3) is 37.0 Å². The van der Waals surface area contributed by atoms with Crippen molar-refractivity contribution in [2.45, 2.75) is 37.3 Å². The van der Waals surface area contributed by atoms with E-state index in [1.54, 1.807) is 17.4 Å². The van der Waals surface area contributed by atoms with Gasteiger partial charge in [-0.05, 0) is 61.7 Å². The lowest BCUT2D eigenvalue weighted by Gasteiger charge is -2.39. The number of amides is 1. The molecule has 2 aromatic heterocycles. The van der Waals surface area contributed by atoms with E-state index in [4.69, 9.17) is 16.3 Å². The number of nitrogens with zero attached hydrogens (tertiary/aromatic N) is 6. The fraction of sp³-hybridized carbons (Fsp3) is 0.394. The summed E-state index contributed by atoms with van der Waals surface area (Å²) in [5, 5.41) is 3.55. The molecule has 3 saturated heterocycles. The third kappa shape index (κ3) is 4.86. The second kappa shape index (κ2) is 11.4. The monoisotopic (exact) mass is 614 g/mol. The second-order valence-electron chi connectivity index (χ2n) is 11.8. The number of fused-ring (bicyclic) bond motifs is 3. The minimum absolute atomic E-state index is 0.0103. The van der Waals surface area contributed by atoms with Crippen LogP contribution >= 0.6 is 11.3 Å². The molecular formula is C33H32F2N6O2S. The zero-order valence-electron chi connectivity index (χ0n) is 24.3. The van der Waals surface area contributed by atoms with E-state index in [2.05, 4.69) is 21.3 Å². The number of hydrogen-bond donors (Lipinski definition) is 0. The van der Waals surface area contributed by atoms with Crippen molar-refractivity contribution in [1.29, 1.82) is 0 Å². The van der Waals surface area contributed by atoms with Crippen molar-refractivity contribution in [2.24, 2.45) is 0 Å². The Morgan fingerprint density at radius 2 is 1.93 bits per heavy atom. The number of carbonyl (C=O) groups excluding carboxylic acids is 1. The van der Waals surface area contributed by atoms with E-state index in [0.717, 1.165) is 54.4 Å². The minimum atomic E-state index is -1.06. The Bertz CT molecular complexity index is 1810. The maximum Gasteiger partial charge on any atom is 0.319 e. The van der Waals surface area contributed by atoms with E-state index in [1.165, 1.54) is 4.90 Å². The van der Waals surface area contributed by atoms with Crippen LogP contribution in [0.15, 0.2) is 54.2 Å². The number of halogens is 2. The predicted octanol–water partition coefficient (Wildman–Crippen LogP) is 6.08. The fourth-order valence-electron chi connectivity index (χ4n) is 7.24. The molecule has 0 saturated carbocycles. The number of ether oxygens (including phenoxy) is 1. The third-order valence-corrected chi connectivity index (χ3v) is 10.4. The highest BCUT2D eigenvalue weighted by atomic mass is 32.1. The Morgan fingerprint density at radius 3 is 2.70 bits per heavy atom. The first kappa shape index (κ1) is 28.6. The van der Waals surface area contributed by atoms with Crippen LogP contribution in [0.5, 0.6) is 6.01 Å². The molecular weight excluding hydrogens is 582 g/mol. The Kier molecular flexibility index (Phi) is 7.42. The van der Waals surface area contributed by atoms with Crippen LogP contribution in [0.3, 0.4) is 0 Å². The molecule has 0 spiro atoms. The number of hydrogen-bond acceptors (Lipinski definition) is 7. The minimum Gasteiger partial charge on any atom is -0.461 e. The molecule has 7 rings (SSSR count). The Labute approximate surface area is 258 Å². The molecule has 2 aromatic carbocycles. The normalized spacial score (nSPS) is 19.8. The summed E-state index contributed by atoms with van der Waals surface area (Å²) in [6, 6.07) is 11.0. The van der Waals surface area contributed by atoms with Gasteiger partial charge in [-0.1, -0.05) is 30.8 Å². The highest BCUT2D eigenvalue weighted by Crippen LogP contribution is 2.41. The number of piperazine rings is 1. The fourth-order valence-corrected chi connectivity index (χ4v) is 8.16. The van der Waals surface area contributed by atoms with Crippen molar-refractivity contribution in [3.63, 3.8) is 0 Å². The van der Waals surface area contributed by atoms with E-state index >= 15 is 4.39 Å². The standard InChI is InChI=1S/C33H32F2N6O2S/c1-21(34)31(42)41-16-15-39(19-23(41)18-36-2)30-26-9-8-24(25-7-3-6-22-10-17-44-29(22)25)27(35)28(26)37-32(38-30)43-20-33-11-4-13-40(33)14-5-12-33/h3,6-10,17,23H,1,4-5,11-16,18-20H2/t23-/m0/s1. The van der Waals surface area contributed by atoms with Gasteiger partial charge < -0.3 is 19.4 Å². The van der Waals surface area contributed by atoms with Crippen LogP contribution in [0.2, 0.25) is 0 Å². The molecule has 0 N–H and O–H groups in total. The maximum atomic E-state index is 16.6. The Balaban J connectivity index is 1.31. The molecule has 3 aliphatic heterocycles. The van der Waals surface area contributed by atoms with Gasteiger partial charge in [0, 0.05) is 40.8 Å². The van der Waals surface area contributed by atoms with Crippen LogP contribution in [-0.4, -0.2) is 83.1 Å². The molecule has 3 fully saturated rings. The maximum absolute atomic E-state index is 16.6. The highest BCUT2D eigenvalue weighted by molar-refractivity contribution is 7.17. The smallest absolute Gasteiger partial charge is 0.319 e. The Morgan fingerprint density at radius 1 is 1.11 bits per heavy atom. The highest BCUT2D eigenvalue weighted by Gasteiger charge is 2.45. The average molecular weight is 615 g/mol.